The highest BCUT2D eigenvalue weighted by atomic mass is 79.9. The molecule has 62 valence electrons. The maximum atomic E-state index is 11.0. The second-order valence-electron chi connectivity index (χ2n) is 2.65. The van der Waals surface area contributed by atoms with E-state index in [9.17, 15) is 4.79 Å². The Hall–Kier alpha value is -0.310. The Labute approximate surface area is 74.7 Å². The van der Waals surface area contributed by atoms with E-state index in [2.05, 4.69) is 20.7 Å². The molecule has 0 spiro atoms. The predicted octanol–water partition coefficient (Wildman–Crippen LogP) is 2.24. The van der Waals surface area contributed by atoms with Gasteiger partial charge >= 0.3 is 5.97 Å². The Balaban J connectivity index is 2.47. The molecule has 0 aliphatic heterocycles. The number of rotatable bonds is 1. The van der Waals surface area contributed by atoms with E-state index >= 15 is 0 Å². The number of methoxy groups -OCH3 is 1. The van der Waals surface area contributed by atoms with Crippen molar-refractivity contribution in [1.82, 2.24) is 0 Å². The Bertz CT molecular complexity index is 187. The summed E-state index contributed by atoms with van der Waals surface area (Å²) in [6, 6.07) is 0. The summed E-state index contributed by atoms with van der Waals surface area (Å²) in [6.45, 7) is 0. The standard InChI is InChI=1S/C8H11BrO2/c1-11-8(10)6-2-4-7(9)5-3-6/h4,6H,2-3,5H2,1H3. The van der Waals surface area contributed by atoms with Crippen molar-refractivity contribution in [3.63, 3.8) is 0 Å². The fraction of sp³-hybridized carbons (Fsp3) is 0.625. The number of hydrogen-bond donors (Lipinski definition) is 0. The molecular weight excluding hydrogens is 208 g/mol. The van der Waals surface area contributed by atoms with Gasteiger partial charge in [-0.05, 0) is 23.7 Å². The van der Waals surface area contributed by atoms with Gasteiger partial charge in [0.15, 0.2) is 0 Å². The van der Waals surface area contributed by atoms with E-state index in [1.807, 2.05) is 6.08 Å². The summed E-state index contributed by atoms with van der Waals surface area (Å²) in [6.07, 6.45) is 4.72. The first kappa shape index (κ1) is 8.78. The monoisotopic (exact) mass is 218 g/mol. The molecule has 0 bridgehead atoms. The third-order valence-corrected chi connectivity index (χ3v) is 2.61. The summed E-state index contributed by atoms with van der Waals surface area (Å²) in [5.74, 6) is 0.00236. The van der Waals surface area contributed by atoms with Crippen molar-refractivity contribution in [1.29, 1.82) is 0 Å². The predicted molar refractivity (Wildman–Crippen MR) is 46.4 cm³/mol. The van der Waals surface area contributed by atoms with Crippen LogP contribution in [0.1, 0.15) is 19.3 Å². The van der Waals surface area contributed by atoms with Crippen LogP contribution in [0.2, 0.25) is 0 Å². The van der Waals surface area contributed by atoms with E-state index in [4.69, 9.17) is 0 Å². The van der Waals surface area contributed by atoms with Crippen LogP contribution in [0.15, 0.2) is 10.6 Å². The molecule has 2 nitrogen and oxygen atoms in total. The van der Waals surface area contributed by atoms with Crippen molar-refractivity contribution in [2.24, 2.45) is 5.92 Å². The SMILES string of the molecule is COC(=O)C1CC=C(Br)CC1. The van der Waals surface area contributed by atoms with Crippen LogP contribution in [0.25, 0.3) is 0 Å². The van der Waals surface area contributed by atoms with Crippen LogP contribution in [-0.2, 0) is 9.53 Å². The molecule has 1 rings (SSSR count). The van der Waals surface area contributed by atoms with E-state index < -0.39 is 0 Å². The largest absolute Gasteiger partial charge is 0.469 e. The molecule has 1 aliphatic carbocycles. The first-order chi connectivity index (χ1) is 5.24. The maximum Gasteiger partial charge on any atom is 0.308 e. The highest BCUT2D eigenvalue weighted by Crippen LogP contribution is 2.27. The van der Waals surface area contributed by atoms with Crippen LogP contribution in [0.5, 0.6) is 0 Å². The molecule has 1 unspecified atom stereocenters. The van der Waals surface area contributed by atoms with Crippen LogP contribution in [0, 0.1) is 5.92 Å². The van der Waals surface area contributed by atoms with Gasteiger partial charge in [0.2, 0.25) is 0 Å². The van der Waals surface area contributed by atoms with Gasteiger partial charge in [0, 0.05) is 0 Å². The summed E-state index contributed by atoms with van der Waals surface area (Å²) in [5, 5.41) is 0. The first-order valence-electron chi connectivity index (χ1n) is 3.66. The van der Waals surface area contributed by atoms with Crippen molar-refractivity contribution >= 4 is 21.9 Å². The Kier molecular flexibility index (Phi) is 3.12. The van der Waals surface area contributed by atoms with E-state index in [0.29, 0.717) is 0 Å². The summed E-state index contributed by atoms with van der Waals surface area (Å²) in [4.78, 5) is 11.0. The fourth-order valence-corrected chi connectivity index (χ4v) is 1.60. The minimum atomic E-state index is -0.0822. The van der Waals surface area contributed by atoms with E-state index in [1.165, 1.54) is 11.6 Å². The zero-order valence-electron chi connectivity index (χ0n) is 6.47. The highest BCUT2D eigenvalue weighted by Gasteiger charge is 2.20. The topological polar surface area (TPSA) is 26.3 Å². The highest BCUT2D eigenvalue weighted by molar-refractivity contribution is 9.11. The Morgan fingerprint density at radius 2 is 2.55 bits per heavy atom. The molecule has 0 N–H and O–H groups in total. The average Bonchev–Trinajstić information content (AvgIpc) is 2.05. The van der Waals surface area contributed by atoms with E-state index in [0.717, 1.165) is 19.3 Å². The second kappa shape index (κ2) is 3.90. The van der Waals surface area contributed by atoms with Gasteiger partial charge in [-0.3, -0.25) is 4.79 Å². The zero-order chi connectivity index (χ0) is 8.27. The number of esters is 1. The van der Waals surface area contributed by atoms with Crippen LogP contribution in [0.3, 0.4) is 0 Å². The molecule has 0 fully saturated rings. The quantitative estimate of drug-likeness (QED) is 0.632. The molecule has 1 atom stereocenters. The molecule has 0 saturated heterocycles. The van der Waals surface area contributed by atoms with Crippen LogP contribution in [0.4, 0.5) is 0 Å². The fourth-order valence-electron chi connectivity index (χ4n) is 1.18. The summed E-state index contributed by atoms with van der Waals surface area (Å²) >= 11 is 3.40. The number of carbonyl (C=O) groups is 1. The third-order valence-electron chi connectivity index (χ3n) is 1.89. The molecule has 0 amide bonds. The van der Waals surface area contributed by atoms with Crippen molar-refractivity contribution in [2.45, 2.75) is 19.3 Å². The third kappa shape index (κ3) is 2.33. The normalized spacial score (nSPS) is 24.2. The Morgan fingerprint density at radius 1 is 1.82 bits per heavy atom. The van der Waals surface area contributed by atoms with E-state index in [1.54, 1.807) is 0 Å². The molecule has 0 radical (unpaired) electrons. The summed E-state index contributed by atoms with van der Waals surface area (Å²) in [5.41, 5.74) is 0. The van der Waals surface area contributed by atoms with Crippen molar-refractivity contribution < 1.29 is 9.53 Å². The lowest BCUT2D eigenvalue weighted by molar-refractivity contribution is -0.145. The van der Waals surface area contributed by atoms with Gasteiger partial charge in [-0.1, -0.05) is 22.0 Å². The molecule has 0 heterocycles. The van der Waals surface area contributed by atoms with E-state index in [-0.39, 0.29) is 11.9 Å². The second-order valence-corrected chi connectivity index (χ2v) is 3.66. The van der Waals surface area contributed by atoms with Gasteiger partial charge in [0.05, 0.1) is 13.0 Å². The van der Waals surface area contributed by atoms with Gasteiger partial charge in [0.25, 0.3) is 0 Å². The van der Waals surface area contributed by atoms with Gasteiger partial charge < -0.3 is 4.74 Å². The van der Waals surface area contributed by atoms with Crippen molar-refractivity contribution in [2.75, 3.05) is 7.11 Å². The number of ether oxygens (including phenoxy) is 1. The molecule has 0 saturated carbocycles. The number of allylic oxidation sites excluding steroid dienone is 2. The first-order valence-corrected chi connectivity index (χ1v) is 4.45. The smallest absolute Gasteiger partial charge is 0.308 e. The lowest BCUT2D eigenvalue weighted by Gasteiger charge is -2.16. The number of halogens is 1. The maximum absolute atomic E-state index is 11.0. The zero-order valence-corrected chi connectivity index (χ0v) is 8.06. The lowest BCUT2D eigenvalue weighted by Crippen LogP contribution is -2.17. The number of hydrogen-bond acceptors (Lipinski definition) is 2. The van der Waals surface area contributed by atoms with Crippen LogP contribution < -0.4 is 0 Å². The lowest BCUT2D eigenvalue weighted by atomic mass is 9.95. The van der Waals surface area contributed by atoms with Gasteiger partial charge in [-0.25, -0.2) is 0 Å². The number of carbonyl (C=O) groups excluding carboxylic acids is 1. The molecular formula is C8H11BrO2. The van der Waals surface area contributed by atoms with Gasteiger partial charge in [-0.15, -0.1) is 0 Å². The summed E-state index contributed by atoms with van der Waals surface area (Å²) < 4.78 is 5.85. The Morgan fingerprint density at radius 3 is 3.00 bits per heavy atom. The van der Waals surface area contributed by atoms with Crippen LogP contribution in [-0.4, -0.2) is 13.1 Å². The molecule has 3 heteroatoms. The molecule has 0 aromatic carbocycles. The average molecular weight is 219 g/mol. The van der Waals surface area contributed by atoms with Crippen LogP contribution >= 0.6 is 15.9 Å². The van der Waals surface area contributed by atoms with Crippen molar-refractivity contribution in [3.05, 3.63) is 10.6 Å². The molecule has 0 aromatic heterocycles. The molecule has 11 heavy (non-hydrogen) atoms. The molecule has 1 aliphatic rings. The van der Waals surface area contributed by atoms with Gasteiger partial charge in [-0.2, -0.15) is 0 Å². The van der Waals surface area contributed by atoms with Crippen molar-refractivity contribution in [3.8, 4) is 0 Å². The minimum absolute atomic E-state index is 0.0822. The van der Waals surface area contributed by atoms with Gasteiger partial charge in [0.1, 0.15) is 0 Å². The minimum Gasteiger partial charge on any atom is -0.469 e. The summed E-state index contributed by atoms with van der Waals surface area (Å²) in [7, 11) is 1.44. The molecule has 0 aromatic rings.